The lowest BCUT2D eigenvalue weighted by Gasteiger charge is -2.09. The molecule has 2 rings (SSSR count). The second-order valence-electron chi connectivity index (χ2n) is 4.23. The molecule has 0 N–H and O–H groups in total. The average molecular weight is 200 g/mol. The van der Waals surface area contributed by atoms with Gasteiger partial charge in [0.15, 0.2) is 0 Å². The first-order valence-corrected chi connectivity index (χ1v) is 5.22. The third-order valence-electron chi connectivity index (χ3n) is 3.06. The summed E-state index contributed by atoms with van der Waals surface area (Å²) in [6.07, 6.45) is 0. The van der Waals surface area contributed by atoms with E-state index in [4.69, 9.17) is 0 Å². The van der Waals surface area contributed by atoms with Crippen LogP contribution in [-0.2, 0) is 0 Å². The lowest BCUT2D eigenvalue weighted by molar-refractivity contribution is 1.09. The summed E-state index contributed by atoms with van der Waals surface area (Å²) in [5, 5.41) is 0. The summed E-state index contributed by atoms with van der Waals surface area (Å²) < 4.78 is 0. The van der Waals surface area contributed by atoms with Gasteiger partial charge in [-0.2, -0.15) is 0 Å². The summed E-state index contributed by atoms with van der Waals surface area (Å²) in [6.45, 7) is 10.4. The summed E-state index contributed by atoms with van der Waals surface area (Å²) in [5.74, 6) is 0. The normalized spacial score (nSPS) is 11.0. The number of rotatable bonds is 0. The van der Waals surface area contributed by atoms with Crippen molar-refractivity contribution in [2.75, 3.05) is 0 Å². The van der Waals surface area contributed by atoms with Crippen LogP contribution in [0.3, 0.4) is 0 Å². The third kappa shape index (κ3) is 1.50. The van der Waals surface area contributed by atoms with Crippen molar-refractivity contribution in [3.05, 3.63) is 34.1 Å². The van der Waals surface area contributed by atoms with Crippen molar-refractivity contribution in [2.24, 2.45) is 0 Å². The van der Waals surface area contributed by atoms with E-state index in [2.05, 4.69) is 36.8 Å². The molecule has 0 amide bonds. The highest BCUT2D eigenvalue weighted by Crippen LogP contribution is 2.22. The van der Waals surface area contributed by atoms with Gasteiger partial charge in [-0.15, -0.1) is 0 Å². The van der Waals surface area contributed by atoms with Gasteiger partial charge in [0.05, 0.1) is 22.4 Å². The fraction of sp³-hybridized carbons (Fsp3) is 0.385. The minimum absolute atomic E-state index is 1.02. The standard InChI is InChI=1S/C13H16N2/c1-7-6-8(2)12-13(9(7)3)15-11(5)10(4)14-12/h6H,1-5H3. The van der Waals surface area contributed by atoms with Crippen molar-refractivity contribution in [3.63, 3.8) is 0 Å². The van der Waals surface area contributed by atoms with E-state index in [0.717, 1.165) is 22.4 Å². The fourth-order valence-corrected chi connectivity index (χ4v) is 1.83. The summed E-state index contributed by atoms with van der Waals surface area (Å²) in [6, 6.07) is 2.18. The minimum Gasteiger partial charge on any atom is -0.249 e. The van der Waals surface area contributed by atoms with E-state index in [0.29, 0.717) is 0 Å². The Morgan fingerprint density at radius 3 is 1.87 bits per heavy atom. The molecule has 2 heteroatoms. The van der Waals surface area contributed by atoms with Crippen LogP contribution in [0.15, 0.2) is 6.07 Å². The molecule has 78 valence electrons. The molecule has 2 nitrogen and oxygen atoms in total. The summed E-state index contributed by atoms with van der Waals surface area (Å²) in [5.41, 5.74) is 7.88. The quantitative estimate of drug-likeness (QED) is 0.652. The minimum atomic E-state index is 1.02. The molecule has 0 aliphatic carbocycles. The fourth-order valence-electron chi connectivity index (χ4n) is 1.83. The molecule has 0 bridgehead atoms. The van der Waals surface area contributed by atoms with Crippen LogP contribution in [0.25, 0.3) is 11.0 Å². The first-order valence-electron chi connectivity index (χ1n) is 5.22. The number of hydrogen-bond donors (Lipinski definition) is 0. The van der Waals surface area contributed by atoms with Crippen molar-refractivity contribution in [2.45, 2.75) is 34.6 Å². The maximum atomic E-state index is 4.63. The summed E-state index contributed by atoms with van der Waals surface area (Å²) in [4.78, 5) is 9.25. The Hall–Kier alpha value is -1.44. The topological polar surface area (TPSA) is 25.8 Å². The Morgan fingerprint density at radius 2 is 1.27 bits per heavy atom. The lowest BCUT2D eigenvalue weighted by atomic mass is 10.0. The highest BCUT2D eigenvalue weighted by Gasteiger charge is 2.08. The third-order valence-corrected chi connectivity index (χ3v) is 3.06. The largest absolute Gasteiger partial charge is 0.249 e. The Bertz CT molecular complexity index is 542. The monoisotopic (exact) mass is 200 g/mol. The number of aromatic nitrogens is 2. The van der Waals surface area contributed by atoms with Crippen LogP contribution in [0, 0.1) is 34.6 Å². The van der Waals surface area contributed by atoms with Gasteiger partial charge in [-0.3, -0.25) is 0 Å². The second-order valence-corrected chi connectivity index (χ2v) is 4.23. The van der Waals surface area contributed by atoms with Crippen LogP contribution in [0.5, 0.6) is 0 Å². The van der Waals surface area contributed by atoms with Crippen LogP contribution in [-0.4, -0.2) is 9.97 Å². The molecule has 0 fully saturated rings. The zero-order valence-corrected chi connectivity index (χ0v) is 9.97. The first-order chi connectivity index (χ1) is 7.00. The van der Waals surface area contributed by atoms with Gasteiger partial charge in [-0.1, -0.05) is 6.07 Å². The zero-order valence-electron chi connectivity index (χ0n) is 9.97. The van der Waals surface area contributed by atoms with Crippen LogP contribution >= 0.6 is 0 Å². The summed E-state index contributed by atoms with van der Waals surface area (Å²) in [7, 11) is 0. The molecule has 1 heterocycles. The SMILES string of the molecule is Cc1cc(C)c2nc(C)c(C)nc2c1C. The second kappa shape index (κ2) is 3.30. The molecular weight excluding hydrogens is 184 g/mol. The molecule has 15 heavy (non-hydrogen) atoms. The number of benzene rings is 1. The predicted octanol–water partition coefficient (Wildman–Crippen LogP) is 3.17. The lowest BCUT2D eigenvalue weighted by Crippen LogP contribution is -1.98. The highest BCUT2D eigenvalue weighted by atomic mass is 14.8. The van der Waals surface area contributed by atoms with Crippen LogP contribution in [0.2, 0.25) is 0 Å². The molecule has 1 aromatic carbocycles. The number of fused-ring (bicyclic) bond motifs is 1. The van der Waals surface area contributed by atoms with Gasteiger partial charge in [0.2, 0.25) is 0 Å². The molecule has 0 aliphatic rings. The molecule has 0 saturated carbocycles. The molecule has 0 unspecified atom stereocenters. The Balaban J connectivity index is 2.97. The predicted molar refractivity (Wildman–Crippen MR) is 63.2 cm³/mol. The van der Waals surface area contributed by atoms with E-state index < -0.39 is 0 Å². The molecule has 0 spiro atoms. The van der Waals surface area contributed by atoms with E-state index in [-0.39, 0.29) is 0 Å². The van der Waals surface area contributed by atoms with E-state index in [1.165, 1.54) is 16.7 Å². The Labute approximate surface area is 90.4 Å². The van der Waals surface area contributed by atoms with Gasteiger partial charge < -0.3 is 0 Å². The van der Waals surface area contributed by atoms with Crippen LogP contribution in [0.4, 0.5) is 0 Å². The van der Waals surface area contributed by atoms with Crippen molar-refractivity contribution in [1.82, 2.24) is 9.97 Å². The maximum Gasteiger partial charge on any atom is 0.0924 e. The highest BCUT2D eigenvalue weighted by molar-refractivity contribution is 5.82. The van der Waals surface area contributed by atoms with Crippen molar-refractivity contribution in [1.29, 1.82) is 0 Å². The molecule has 0 atom stereocenters. The van der Waals surface area contributed by atoms with Gasteiger partial charge in [0.25, 0.3) is 0 Å². The summed E-state index contributed by atoms with van der Waals surface area (Å²) >= 11 is 0. The number of aryl methyl sites for hydroxylation is 5. The van der Waals surface area contributed by atoms with E-state index in [1.54, 1.807) is 0 Å². The van der Waals surface area contributed by atoms with Crippen molar-refractivity contribution < 1.29 is 0 Å². The van der Waals surface area contributed by atoms with E-state index >= 15 is 0 Å². The molecule has 1 aromatic heterocycles. The van der Waals surface area contributed by atoms with Gasteiger partial charge in [0, 0.05) is 0 Å². The van der Waals surface area contributed by atoms with Gasteiger partial charge in [-0.05, 0) is 51.3 Å². The van der Waals surface area contributed by atoms with E-state index in [1.807, 2.05) is 13.8 Å². The molecule has 0 saturated heterocycles. The number of hydrogen-bond acceptors (Lipinski definition) is 2. The smallest absolute Gasteiger partial charge is 0.0924 e. The van der Waals surface area contributed by atoms with Gasteiger partial charge in [0.1, 0.15) is 0 Å². The van der Waals surface area contributed by atoms with Crippen LogP contribution in [0.1, 0.15) is 28.1 Å². The molecule has 2 aromatic rings. The number of nitrogens with zero attached hydrogens (tertiary/aromatic N) is 2. The van der Waals surface area contributed by atoms with Crippen LogP contribution < -0.4 is 0 Å². The van der Waals surface area contributed by atoms with Gasteiger partial charge >= 0.3 is 0 Å². The maximum absolute atomic E-state index is 4.63. The molecule has 0 radical (unpaired) electrons. The Kier molecular flexibility index (Phi) is 2.22. The Morgan fingerprint density at radius 1 is 0.733 bits per heavy atom. The van der Waals surface area contributed by atoms with Crippen molar-refractivity contribution in [3.8, 4) is 0 Å². The van der Waals surface area contributed by atoms with Gasteiger partial charge in [-0.25, -0.2) is 9.97 Å². The van der Waals surface area contributed by atoms with Crippen molar-refractivity contribution >= 4 is 11.0 Å². The van der Waals surface area contributed by atoms with E-state index in [9.17, 15) is 0 Å². The molecule has 0 aliphatic heterocycles. The molecular formula is C13H16N2. The zero-order chi connectivity index (χ0) is 11.2. The first kappa shape index (κ1) is 10.1. The average Bonchev–Trinajstić information content (AvgIpc) is 2.18.